The molecule has 0 radical (unpaired) electrons. The molecule has 1 aromatic carbocycles. The fraction of sp³-hybridized carbons (Fsp3) is 0.500. The smallest absolute Gasteiger partial charge is 0.156 e. The number of hydrogen-bond acceptors (Lipinski definition) is 3. The third kappa shape index (κ3) is 1.73. The standard InChI is InChI=1S/C12H16N2O/c1-2-4-11-10(3-1)9-12(15-11)14-7-5-13-6-8-14/h1-4,12-13H,5-9H2. The Labute approximate surface area is 90.0 Å². The van der Waals surface area contributed by atoms with Crippen molar-refractivity contribution in [3.05, 3.63) is 29.8 Å². The van der Waals surface area contributed by atoms with Crippen LogP contribution in [0.2, 0.25) is 0 Å². The summed E-state index contributed by atoms with van der Waals surface area (Å²) in [5.74, 6) is 1.07. The van der Waals surface area contributed by atoms with Crippen molar-refractivity contribution >= 4 is 0 Å². The van der Waals surface area contributed by atoms with Crippen LogP contribution in [0.5, 0.6) is 5.75 Å². The van der Waals surface area contributed by atoms with Gasteiger partial charge in [-0.25, -0.2) is 0 Å². The van der Waals surface area contributed by atoms with Crippen LogP contribution in [-0.4, -0.2) is 37.3 Å². The summed E-state index contributed by atoms with van der Waals surface area (Å²) < 4.78 is 5.94. The molecule has 3 nitrogen and oxygen atoms in total. The Morgan fingerprint density at radius 2 is 2.00 bits per heavy atom. The van der Waals surface area contributed by atoms with Gasteiger partial charge in [0.05, 0.1) is 0 Å². The van der Waals surface area contributed by atoms with E-state index in [-0.39, 0.29) is 6.23 Å². The number of piperazine rings is 1. The Morgan fingerprint density at radius 1 is 1.20 bits per heavy atom. The quantitative estimate of drug-likeness (QED) is 0.734. The molecule has 0 amide bonds. The second-order valence-electron chi connectivity index (χ2n) is 4.17. The maximum Gasteiger partial charge on any atom is 0.156 e. The van der Waals surface area contributed by atoms with Crippen LogP contribution >= 0.6 is 0 Å². The zero-order valence-corrected chi connectivity index (χ0v) is 8.78. The normalized spacial score (nSPS) is 26.0. The van der Waals surface area contributed by atoms with Crippen molar-refractivity contribution in [1.82, 2.24) is 10.2 Å². The van der Waals surface area contributed by atoms with Crippen molar-refractivity contribution < 1.29 is 4.74 Å². The van der Waals surface area contributed by atoms with Crippen LogP contribution in [0.25, 0.3) is 0 Å². The van der Waals surface area contributed by atoms with E-state index in [1.807, 2.05) is 6.07 Å². The highest BCUT2D eigenvalue weighted by atomic mass is 16.5. The van der Waals surface area contributed by atoms with Crippen molar-refractivity contribution in [2.24, 2.45) is 0 Å². The first kappa shape index (κ1) is 9.19. The predicted octanol–water partition coefficient (Wildman–Crippen LogP) is 0.853. The van der Waals surface area contributed by atoms with Gasteiger partial charge in [-0.2, -0.15) is 0 Å². The number of benzene rings is 1. The molecular weight excluding hydrogens is 188 g/mol. The van der Waals surface area contributed by atoms with Crippen LogP contribution in [-0.2, 0) is 6.42 Å². The van der Waals surface area contributed by atoms with Crippen LogP contribution in [0, 0.1) is 0 Å². The maximum absolute atomic E-state index is 5.94. The summed E-state index contributed by atoms with van der Waals surface area (Å²) in [6.45, 7) is 4.35. The molecule has 1 aromatic rings. The lowest BCUT2D eigenvalue weighted by Crippen LogP contribution is -2.50. The molecule has 0 aromatic heterocycles. The Morgan fingerprint density at radius 3 is 2.80 bits per heavy atom. The third-order valence-corrected chi connectivity index (χ3v) is 3.19. The van der Waals surface area contributed by atoms with Gasteiger partial charge in [-0.05, 0) is 11.6 Å². The Hall–Kier alpha value is -1.06. The first-order chi connectivity index (χ1) is 7.43. The molecule has 1 unspecified atom stereocenters. The van der Waals surface area contributed by atoms with Gasteiger partial charge in [0.15, 0.2) is 6.23 Å². The fourth-order valence-electron chi connectivity index (χ4n) is 2.34. The molecule has 1 saturated heterocycles. The second kappa shape index (κ2) is 3.83. The molecule has 15 heavy (non-hydrogen) atoms. The lowest BCUT2D eigenvalue weighted by atomic mass is 10.1. The summed E-state index contributed by atoms with van der Waals surface area (Å²) >= 11 is 0. The van der Waals surface area contributed by atoms with E-state index in [4.69, 9.17) is 4.74 Å². The molecule has 0 saturated carbocycles. The van der Waals surface area contributed by atoms with Crippen molar-refractivity contribution in [1.29, 1.82) is 0 Å². The van der Waals surface area contributed by atoms with Crippen LogP contribution in [0.4, 0.5) is 0 Å². The second-order valence-corrected chi connectivity index (χ2v) is 4.17. The Balaban J connectivity index is 1.72. The van der Waals surface area contributed by atoms with E-state index < -0.39 is 0 Å². The molecule has 1 fully saturated rings. The van der Waals surface area contributed by atoms with Gasteiger partial charge in [0.1, 0.15) is 5.75 Å². The number of ether oxygens (including phenoxy) is 1. The minimum absolute atomic E-state index is 0.268. The number of hydrogen-bond donors (Lipinski definition) is 1. The fourth-order valence-corrected chi connectivity index (χ4v) is 2.34. The largest absolute Gasteiger partial charge is 0.474 e. The minimum Gasteiger partial charge on any atom is -0.474 e. The molecule has 80 valence electrons. The number of nitrogens with one attached hydrogen (secondary N) is 1. The highest BCUT2D eigenvalue weighted by molar-refractivity contribution is 5.37. The van der Waals surface area contributed by atoms with Gasteiger partial charge in [0.25, 0.3) is 0 Å². The van der Waals surface area contributed by atoms with Gasteiger partial charge in [-0.15, -0.1) is 0 Å². The van der Waals surface area contributed by atoms with Gasteiger partial charge in [0, 0.05) is 32.6 Å². The van der Waals surface area contributed by atoms with Crippen molar-refractivity contribution in [2.45, 2.75) is 12.6 Å². The van der Waals surface area contributed by atoms with Gasteiger partial charge in [0.2, 0.25) is 0 Å². The van der Waals surface area contributed by atoms with E-state index in [0.717, 1.165) is 38.3 Å². The molecule has 2 aliphatic heterocycles. The van der Waals surface area contributed by atoms with Gasteiger partial charge >= 0.3 is 0 Å². The topological polar surface area (TPSA) is 24.5 Å². The molecule has 2 aliphatic rings. The SMILES string of the molecule is c1ccc2c(c1)CC(N1CCNCC1)O2. The average Bonchev–Trinajstić information content (AvgIpc) is 2.74. The van der Waals surface area contributed by atoms with Crippen LogP contribution in [0.3, 0.4) is 0 Å². The molecule has 0 bridgehead atoms. The van der Waals surface area contributed by atoms with Crippen LogP contribution in [0.1, 0.15) is 5.56 Å². The maximum atomic E-state index is 5.94. The van der Waals surface area contributed by atoms with E-state index in [1.54, 1.807) is 0 Å². The van der Waals surface area contributed by atoms with E-state index in [9.17, 15) is 0 Å². The average molecular weight is 204 g/mol. The first-order valence-corrected chi connectivity index (χ1v) is 5.63. The number of nitrogens with zero attached hydrogens (tertiary/aromatic N) is 1. The van der Waals surface area contributed by atoms with Crippen molar-refractivity contribution in [3.63, 3.8) is 0 Å². The highest BCUT2D eigenvalue weighted by Gasteiger charge is 2.28. The lowest BCUT2D eigenvalue weighted by molar-refractivity contribution is 0.0339. The zero-order valence-electron chi connectivity index (χ0n) is 8.78. The third-order valence-electron chi connectivity index (χ3n) is 3.19. The van der Waals surface area contributed by atoms with Gasteiger partial charge in [-0.3, -0.25) is 4.90 Å². The van der Waals surface area contributed by atoms with Gasteiger partial charge < -0.3 is 10.1 Å². The summed E-state index contributed by atoms with van der Waals surface area (Å²) in [4.78, 5) is 2.43. The molecule has 2 heterocycles. The molecule has 1 N–H and O–H groups in total. The van der Waals surface area contributed by atoms with Crippen molar-refractivity contribution in [2.75, 3.05) is 26.2 Å². The van der Waals surface area contributed by atoms with E-state index in [0.29, 0.717) is 0 Å². The van der Waals surface area contributed by atoms with E-state index in [1.165, 1.54) is 5.56 Å². The summed E-state index contributed by atoms with van der Waals surface area (Å²) in [5.41, 5.74) is 1.35. The first-order valence-electron chi connectivity index (χ1n) is 5.63. The van der Waals surface area contributed by atoms with Crippen molar-refractivity contribution in [3.8, 4) is 5.75 Å². The summed E-state index contributed by atoms with van der Waals surface area (Å²) in [6, 6.07) is 8.36. The number of fused-ring (bicyclic) bond motifs is 1. The Bertz CT molecular complexity index is 322. The molecule has 3 rings (SSSR count). The molecule has 1 atom stereocenters. The molecule has 0 aliphatic carbocycles. The number of para-hydroxylation sites is 1. The molecule has 3 heteroatoms. The monoisotopic (exact) mass is 204 g/mol. The molecule has 0 spiro atoms. The highest BCUT2D eigenvalue weighted by Crippen LogP contribution is 2.29. The van der Waals surface area contributed by atoms with Gasteiger partial charge in [-0.1, -0.05) is 18.2 Å². The number of rotatable bonds is 1. The lowest BCUT2D eigenvalue weighted by Gasteiger charge is -2.31. The van der Waals surface area contributed by atoms with E-state index in [2.05, 4.69) is 28.4 Å². The zero-order chi connectivity index (χ0) is 10.1. The summed E-state index contributed by atoms with van der Waals surface area (Å²) in [7, 11) is 0. The predicted molar refractivity (Wildman–Crippen MR) is 59.0 cm³/mol. The van der Waals surface area contributed by atoms with Crippen LogP contribution in [0.15, 0.2) is 24.3 Å². The summed E-state index contributed by atoms with van der Waals surface area (Å²) in [5, 5.41) is 3.36. The summed E-state index contributed by atoms with van der Waals surface area (Å²) in [6.07, 6.45) is 1.31. The van der Waals surface area contributed by atoms with Crippen LogP contribution < -0.4 is 10.1 Å². The molecular formula is C12H16N2O. The Kier molecular flexibility index (Phi) is 2.35. The van der Waals surface area contributed by atoms with E-state index >= 15 is 0 Å². The minimum atomic E-state index is 0.268.